The number of unbranched alkanes of at least 4 members (excludes halogenated alkanes) is 6. The van der Waals surface area contributed by atoms with Crippen LogP contribution in [0.2, 0.25) is 0 Å². The Balaban J connectivity index is 0.972. The average Bonchev–Trinajstić information content (AvgIpc) is 1.79. The van der Waals surface area contributed by atoms with Crippen LogP contribution in [0.25, 0.3) is 0 Å². The number of carbonyl (C=O) groups is 2. The van der Waals surface area contributed by atoms with Gasteiger partial charge >= 0.3 is 10.4 Å². The van der Waals surface area contributed by atoms with Gasteiger partial charge in [-0.1, -0.05) is 101 Å². The first kappa shape index (κ1) is 84.8. The van der Waals surface area contributed by atoms with E-state index in [0.29, 0.717) is 49.1 Å². The number of hydrogen-bond acceptors (Lipinski definition) is 24. The highest BCUT2D eigenvalue weighted by Gasteiger charge is 2.49. The Kier molecular flexibility index (Phi) is 39.0. The maximum atomic E-state index is 13.2. The Morgan fingerprint density at radius 3 is 1.94 bits per heavy atom. The minimum atomic E-state index is -5.02. The lowest BCUT2D eigenvalue weighted by Gasteiger charge is -2.43. The van der Waals surface area contributed by atoms with Crippen LogP contribution < -0.4 is 0 Å². The smallest absolute Gasteiger partial charge is 0.394 e. The molecule has 0 aliphatic carbocycles. The molecule has 5 heterocycles. The molecule has 5 rings (SSSR count). The van der Waals surface area contributed by atoms with Crippen molar-refractivity contribution in [3.05, 3.63) is 61.3 Å². The van der Waals surface area contributed by atoms with Crippen molar-refractivity contribution in [1.29, 1.82) is 0 Å². The molecular weight excluding hydrogens is 1280 g/mol. The lowest BCUT2D eigenvalue weighted by atomic mass is 9.90. The van der Waals surface area contributed by atoms with Gasteiger partial charge in [-0.15, -0.1) is 6.58 Å². The van der Waals surface area contributed by atoms with E-state index < -0.39 is 159 Å². The van der Waals surface area contributed by atoms with Crippen LogP contribution in [0.3, 0.4) is 0 Å². The number of carbonyl (C=O) groups excluding carboxylic acids is 2. The van der Waals surface area contributed by atoms with Crippen LogP contribution in [0, 0.1) is 11.8 Å². The molecule has 0 radical (unpaired) electrons. The van der Waals surface area contributed by atoms with Crippen LogP contribution >= 0.6 is 0 Å². The molecule has 5 aliphatic rings. The lowest BCUT2D eigenvalue weighted by molar-refractivity contribution is -0.336. The number of rotatable bonds is 52. The van der Waals surface area contributed by atoms with Crippen molar-refractivity contribution in [3.8, 4) is 0 Å². The van der Waals surface area contributed by atoms with E-state index in [2.05, 4.69) is 67.6 Å². The lowest BCUT2D eigenvalue weighted by Crippen LogP contribution is -2.62. The maximum Gasteiger partial charge on any atom is 0.397 e. The van der Waals surface area contributed by atoms with E-state index in [9.17, 15) is 83.8 Å². The summed E-state index contributed by atoms with van der Waals surface area (Å²) < 4.78 is 77.0. The molecule has 10 unspecified atom stereocenters. The number of Topliss-reactive ketones (excluding diaryl/α,β-unsaturated/α-hetero) is 2. The van der Waals surface area contributed by atoms with Crippen LogP contribution in [0.1, 0.15) is 207 Å². The van der Waals surface area contributed by atoms with Gasteiger partial charge in [-0.05, 0) is 128 Å². The van der Waals surface area contributed by atoms with E-state index in [1.807, 2.05) is 6.08 Å². The summed E-state index contributed by atoms with van der Waals surface area (Å²) in [4.78, 5) is 26.4. The number of epoxide rings is 2. The number of ketones is 2. The molecule has 0 amide bonds. The molecule has 97 heavy (non-hydrogen) atoms. The highest BCUT2D eigenvalue weighted by molar-refractivity contribution is 7.80. The van der Waals surface area contributed by atoms with Gasteiger partial charge in [-0.3, -0.25) is 14.1 Å². The monoisotopic (exact) mass is 1400 g/mol. The summed E-state index contributed by atoms with van der Waals surface area (Å²) in [5.74, 6) is 0.403. The van der Waals surface area contributed by atoms with Crippen molar-refractivity contribution in [2.75, 3.05) is 13.2 Å². The standard InChI is InChI=1S/C71H120O25S/c1-6-7-30-56-59(92-56)36-46(4)32-35-57-55(91-57)31-20-14-12-10-8-9-11-13-17-23-44(2)25-21-26-45(3)24-18-15-16-19-27-48(74)28-22-29-52(90-71-68(85)66(83)64(81)62(95-71)43-89-70-67(84)65(82)63(80)61(42-72)94-70)40-51(77)39-50(76)38-49(75)33-34-53(78)58-41-54(79)69(96-97(86,87)88)60(93-58)37-47(5)73/h6,8,10,13,17,21,25,44-45,47,49,51-73,75,77-85H,1,4,7,9,11-12,14-16,18-20,22-24,26-43H2,2-3,5H3,(H,86,87,88)/b10-8+,17-13+,25-21+/t44?,45?,47?,49?,51?,52?,53-,54-,55?,56?,57?,58-,59?,60+,61+,62+,63+,64+,65-,66-,67+,68+,69-,70+,71+/m0/s1. The zero-order valence-electron chi connectivity index (χ0n) is 57.4. The predicted molar refractivity (Wildman–Crippen MR) is 358 cm³/mol. The number of aliphatic hydroxyl groups excluding tert-OH is 12. The van der Waals surface area contributed by atoms with Crippen LogP contribution in [0.4, 0.5) is 0 Å². The molecule has 25 nitrogen and oxygen atoms in total. The molecule has 26 heteroatoms. The molecule has 5 aliphatic heterocycles. The Morgan fingerprint density at radius 2 is 1.23 bits per heavy atom. The Bertz CT molecular complexity index is 2460. The third-order valence-corrected chi connectivity index (χ3v) is 19.4. The molecule has 5 saturated heterocycles. The summed E-state index contributed by atoms with van der Waals surface area (Å²) in [7, 11) is -5.02. The van der Waals surface area contributed by atoms with Crippen LogP contribution in [0.15, 0.2) is 61.3 Å². The van der Waals surface area contributed by atoms with Gasteiger partial charge in [0.1, 0.15) is 66.5 Å². The maximum absolute atomic E-state index is 13.2. The Hall–Kier alpha value is -2.85. The van der Waals surface area contributed by atoms with Gasteiger partial charge in [0, 0.05) is 44.9 Å². The van der Waals surface area contributed by atoms with Gasteiger partial charge in [-0.2, -0.15) is 8.42 Å². The van der Waals surface area contributed by atoms with Gasteiger partial charge in [-0.25, -0.2) is 4.18 Å². The van der Waals surface area contributed by atoms with Crippen molar-refractivity contribution in [3.63, 3.8) is 0 Å². The summed E-state index contributed by atoms with van der Waals surface area (Å²) in [6.45, 7) is 12.6. The molecule has 5 fully saturated rings. The summed E-state index contributed by atoms with van der Waals surface area (Å²) in [5.41, 5.74) is 1.28. The zero-order chi connectivity index (χ0) is 71.2. The van der Waals surface area contributed by atoms with E-state index in [4.69, 9.17) is 33.2 Å². The van der Waals surface area contributed by atoms with Gasteiger partial charge in [0.25, 0.3) is 0 Å². The molecule has 25 atom stereocenters. The SMILES string of the molecule is C=CCCC1OC1CC(=C)CCC1OC1CCCC/C=C/CC/C=C/CC(C)/C=C/CC(C)CCCCCCC(=O)CCCC(CC(O)CC(=O)CC(O)CC[C@H](O)[C@@H]1C[C@H](O)[C@H](OS(=O)(=O)O)[C@@H](CC(C)O)O1)O[C@@H]1O[C@H](CO[C@@H]2O[C@H](CO)[C@@H](O)[C@H](O)[C@H]2O)[C@@H](O)[C@H](O)[C@H]1O. The van der Waals surface area contributed by atoms with Gasteiger partial charge in [0.05, 0.1) is 86.5 Å². The molecule has 0 aromatic heterocycles. The molecule has 0 aromatic rings. The fourth-order valence-corrected chi connectivity index (χ4v) is 13.5. The predicted octanol–water partition coefficient (Wildman–Crippen LogP) is 5.44. The van der Waals surface area contributed by atoms with Crippen molar-refractivity contribution >= 4 is 22.0 Å². The van der Waals surface area contributed by atoms with Gasteiger partial charge in [0.15, 0.2) is 12.6 Å². The highest BCUT2D eigenvalue weighted by Crippen LogP contribution is 2.37. The summed E-state index contributed by atoms with van der Waals surface area (Å²) in [6, 6.07) is 0. The first-order valence-corrected chi connectivity index (χ1v) is 37.1. The first-order valence-electron chi connectivity index (χ1n) is 35.7. The Labute approximate surface area is 574 Å². The van der Waals surface area contributed by atoms with Crippen molar-refractivity contribution in [1.82, 2.24) is 0 Å². The fraction of sp³-hybridized carbons (Fsp3) is 0.831. The molecule has 0 aromatic carbocycles. The van der Waals surface area contributed by atoms with Gasteiger partial charge in [0.2, 0.25) is 0 Å². The molecule has 0 bridgehead atoms. The van der Waals surface area contributed by atoms with Gasteiger partial charge < -0.3 is 94.4 Å². The number of ether oxygens (including phenoxy) is 7. The number of hydrogen-bond donors (Lipinski definition) is 13. The van der Waals surface area contributed by atoms with Crippen molar-refractivity contribution < 1.29 is 121 Å². The van der Waals surface area contributed by atoms with Crippen LogP contribution in [0.5, 0.6) is 0 Å². The fourth-order valence-electron chi connectivity index (χ4n) is 13.0. The minimum absolute atomic E-state index is 0.00463. The first-order chi connectivity index (χ1) is 46.2. The van der Waals surface area contributed by atoms with E-state index >= 15 is 0 Å². The van der Waals surface area contributed by atoms with E-state index in [0.717, 1.165) is 96.3 Å². The zero-order valence-corrected chi connectivity index (χ0v) is 58.2. The van der Waals surface area contributed by atoms with Crippen molar-refractivity contribution in [2.24, 2.45) is 11.8 Å². The third kappa shape index (κ3) is 32.6. The topological polar surface area (TPSA) is 412 Å². The summed E-state index contributed by atoms with van der Waals surface area (Å²) in [6.07, 6.45) is 6.12. The second-order valence-electron chi connectivity index (χ2n) is 28.0. The van der Waals surface area contributed by atoms with Crippen LogP contribution in [-0.4, -0.2) is 240 Å². The summed E-state index contributed by atoms with van der Waals surface area (Å²) in [5, 5.41) is 127. The molecule has 560 valence electrons. The largest absolute Gasteiger partial charge is 0.397 e. The molecule has 13 N–H and O–H groups in total. The second kappa shape index (κ2) is 44.6. The number of allylic oxidation sites excluding steroid dienone is 7. The third-order valence-electron chi connectivity index (χ3n) is 19.0. The average molecular weight is 1410 g/mol. The number of aliphatic hydroxyl groups is 12. The molecule has 0 saturated carbocycles. The highest BCUT2D eigenvalue weighted by atomic mass is 32.3. The molecular formula is C71H120O25S. The Morgan fingerprint density at radius 1 is 0.588 bits per heavy atom. The minimum Gasteiger partial charge on any atom is -0.394 e. The van der Waals surface area contributed by atoms with Crippen molar-refractivity contribution in [2.45, 2.75) is 348 Å². The van der Waals surface area contributed by atoms with E-state index in [1.165, 1.54) is 25.3 Å². The van der Waals surface area contributed by atoms with E-state index in [1.54, 1.807) is 0 Å². The van der Waals surface area contributed by atoms with Crippen LogP contribution in [-0.2, 0) is 57.3 Å². The summed E-state index contributed by atoms with van der Waals surface area (Å²) >= 11 is 0. The second-order valence-corrected chi connectivity index (χ2v) is 29.0. The normalized spacial score (nSPS) is 32.2. The quantitative estimate of drug-likeness (QED) is 0.0156. The molecule has 0 spiro atoms. The van der Waals surface area contributed by atoms with E-state index in [-0.39, 0.29) is 57.1 Å².